The second-order valence-corrected chi connectivity index (χ2v) is 5.19. The molecule has 22 heavy (non-hydrogen) atoms. The van der Waals surface area contributed by atoms with Crippen LogP contribution in [-0.2, 0) is 0 Å². The predicted octanol–water partition coefficient (Wildman–Crippen LogP) is 2.09. The van der Waals surface area contributed by atoms with Gasteiger partial charge in [-0.3, -0.25) is 4.79 Å². The Balaban J connectivity index is 1.91. The number of anilines is 2. The number of benzene rings is 1. The second-order valence-electron chi connectivity index (χ2n) is 5.19. The van der Waals surface area contributed by atoms with Crippen LogP contribution in [0.3, 0.4) is 0 Å². The number of rotatable bonds is 7. The third-order valence-corrected chi connectivity index (χ3v) is 3.02. The van der Waals surface area contributed by atoms with Crippen molar-refractivity contribution in [3.05, 3.63) is 48.4 Å². The van der Waals surface area contributed by atoms with Gasteiger partial charge < -0.3 is 15.5 Å². The molecule has 6 nitrogen and oxygen atoms in total. The molecule has 1 heterocycles. The Morgan fingerprint density at radius 1 is 1.18 bits per heavy atom. The van der Waals surface area contributed by atoms with Crippen LogP contribution in [0.5, 0.6) is 0 Å². The minimum absolute atomic E-state index is 0.245. The van der Waals surface area contributed by atoms with Crippen molar-refractivity contribution < 1.29 is 4.79 Å². The van der Waals surface area contributed by atoms with E-state index in [2.05, 4.69) is 25.5 Å². The van der Waals surface area contributed by atoms with Crippen LogP contribution >= 0.6 is 0 Å². The number of hydrogen-bond donors (Lipinski definition) is 2. The molecule has 2 rings (SSSR count). The summed E-state index contributed by atoms with van der Waals surface area (Å²) < 4.78 is 0. The molecule has 1 amide bonds. The van der Waals surface area contributed by atoms with E-state index >= 15 is 0 Å². The van der Waals surface area contributed by atoms with Gasteiger partial charge in [0.05, 0.1) is 0 Å². The highest BCUT2D eigenvalue weighted by molar-refractivity contribution is 6.03. The molecule has 0 spiro atoms. The smallest absolute Gasteiger partial charge is 0.274 e. The molecule has 0 bridgehead atoms. The summed E-state index contributed by atoms with van der Waals surface area (Å²) in [6, 6.07) is 11.0. The van der Waals surface area contributed by atoms with Gasteiger partial charge in [-0.15, -0.1) is 0 Å². The minimum atomic E-state index is -0.245. The average molecular weight is 299 g/mol. The Morgan fingerprint density at radius 2 is 1.95 bits per heavy atom. The van der Waals surface area contributed by atoms with Crippen molar-refractivity contribution >= 4 is 17.4 Å². The maximum absolute atomic E-state index is 12.1. The van der Waals surface area contributed by atoms with Crippen molar-refractivity contribution in [2.45, 2.75) is 6.42 Å². The summed E-state index contributed by atoms with van der Waals surface area (Å²) in [4.78, 5) is 22.4. The van der Waals surface area contributed by atoms with Gasteiger partial charge in [0.1, 0.15) is 17.8 Å². The van der Waals surface area contributed by atoms with E-state index in [-0.39, 0.29) is 5.91 Å². The number of hydrogen-bond acceptors (Lipinski definition) is 5. The van der Waals surface area contributed by atoms with Crippen molar-refractivity contribution in [1.82, 2.24) is 14.9 Å². The normalized spacial score (nSPS) is 10.5. The van der Waals surface area contributed by atoms with Gasteiger partial charge in [0.15, 0.2) is 0 Å². The van der Waals surface area contributed by atoms with Crippen molar-refractivity contribution in [1.29, 1.82) is 0 Å². The zero-order chi connectivity index (χ0) is 15.8. The van der Waals surface area contributed by atoms with E-state index in [0.717, 1.165) is 25.2 Å². The van der Waals surface area contributed by atoms with Crippen LogP contribution in [0.1, 0.15) is 16.9 Å². The molecule has 0 aliphatic carbocycles. The molecule has 0 atom stereocenters. The van der Waals surface area contributed by atoms with Crippen molar-refractivity contribution in [3.8, 4) is 0 Å². The van der Waals surface area contributed by atoms with E-state index in [1.54, 1.807) is 6.07 Å². The standard InChI is InChI=1S/C16H21N5O/c1-21(2)10-6-9-17-15-11-14(18-12-19-15)16(22)20-13-7-4-3-5-8-13/h3-5,7-8,11-12H,6,9-10H2,1-2H3,(H,20,22)(H,17,18,19). The third kappa shape index (κ3) is 5.14. The molecule has 0 saturated heterocycles. The van der Waals surface area contributed by atoms with Crippen LogP contribution in [0.25, 0.3) is 0 Å². The summed E-state index contributed by atoms with van der Waals surface area (Å²) in [5.74, 6) is 0.414. The Labute approximate surface area is 130 Å². The van der Waals surface area contributed by atoms with Crippen LogP contribution in [0, 0.1) is 0 Å². The lowest BCUT2D eigenvalue weighted by atomic mass is 10.3. The van der Waals surface area contributed by atoms with Gasteiger partial charge >= 0.3 is 0 Å². The summed E-state index contributed by atoms with van der Waals surface area (Å²) >= 11 is 0. The zero-order valence-electron chi connectivity index (χ0n) is 12.9. The lowest BCUT2D eigenvalue weighted by molar-refractivity contribution is 0.102. The molecule has 116 valence electrons. The number of para-hydroxylation sites is 1. The highest BCUT2D eigenvalue weighted by Gasteiger charge is 2.08. The van der Waals surface area contributed by atoms with Gasteiger partial charge in [-0.1, -0.05) is 18.2 Å². The first kappa shape index (κ1) is 15.9. The fourth-order valence-corrected chi connectivity index (χ4v) is 1.91. The number of nitrogens with zero attached hydrogens (tertiary/aromatic N) is 3. The highest BCUT2D eigenvalue weighted by atomic mass is 16.1. The number of carbonyl (C=O) groups is 1. The molecule has 1 aromatic heterocycles. The van der Waals surface area contributed by atoms with Crippen molar-refractivity contribution in [2.75, 3.05) is 37.8 Å². The highest BCUT2D eigenvalue weighted by Crippen LogP contribution is 2.09. The van der Waals surface area contributed by atoms with Crippen LogP contribution in [0.4, 0.5) is 11.5 Å². The summed E-state index contributed by atoms with van der Waals surface area (Å²) in [5.41, 5.74) is 1.08. The monoisotopic (exact) mass is 299 g/mol. The maximum atomic E-state index is 12.1. The van der Waals surface area contributed by atoms with Gasteiger partial charge in [-0.05, 0) is 39.2 Å². The second kappa shape index (κ2) is 8.09. The maximum Gasteiger partial charge on any atom is 0.274 e. The van der Waals surface area contributed by atoms with E-state index in [0.29, 0.717) is 11.5 Å². The zero-order valence-corrected chi connectivity index (χ0v) is 12.9. The molecular weight excluding hydrogens is 278 g/mol. The Bertz CT molecular complexity index is 600. The molecule has 0 aliphatic heterocycles. The number of carbonyl (C=O) groups excluding carboxylic acids is 1. The summed E-state index contributed by atoms with van der Waals surface area (Å²) in [6.45, 7) is 1.80. The topological polar surface area (TPSA) is 70.2 Å². The van der Waals surface area contributed by atoms with Crippen LogP contribution in [0.15, 0.2) is 42.7 Å². The Morgan fingerprint density at radius 3 is 2.68 bits per heavy atom. The predicted molar refractivity (Wildman–Crippen MR) is 88.1 cm³/mol. The first-order valence-electron chi connectivity index (χ1n) is 7.22. The molecule has 0 saturated carbocycles. The summed E-state index contributed by atoms with van der Waals surface area (Å²) in [7, 11) is 4.08. The van der Waals surface area contributed by atoms with Gasteiger partial charge in [-0.2, -0.15) is 0 Å². The molecule has 2 N–H and O–H groups in total. The van der Waals surface area contributed by atoms with Crippen LogP contribution < -0.4 is 10.6 Å². The Hall–Kier alpha value is -2.47. The van der Waals surface area contributed by atoms with Crippen molar-refractivity contribution in [2.24, 2.45) is 0 Å². The molecule has 0 fully saturated rings. The molecule has 2 aromatic rings. The molecule has 0 unspecified atom stereocenters. The van der Waals surface area contributed by atoms with E-state index in [1.807, 2.05) is 44.4 Å². The van der Waals surface area contributed by atoms with Crippen molar-refractivity contribution in [3.63, 3.8) is 0 Å². The van der Waals surface area contributed by atoms with E-state index in [4.69, 9.17) is 0 Å². The van der Waals surface area contributed by atoms with E-state index in [1.165, 1.54) is 6.33 Å². The van der Waals surface area contributed by atoms with Gasteiger partial charge in [-0.25, -0.2) is 9.97 Å². The fourth-order valence-electron chi connectivity index (χ4n) is 1.91. The number of nitrogens with one attached hydrogen (secondary N) is 2. The van der Waals surface area contributed by atoms with Gasteiger partial charge in [0.2, 0.25) is 0 Å². The lowest BCUT2D eigenvalue weighted by Crippen LogP contribution is -2.17. The molecule has 0 aliphatic rings. The average Bonchev–Trinajstić information content (AvgIpc) is 2.53. The molecule has 0 radical (unpaired) electrons. The fraction of sp³-hybridized carbons (Fsp3) is 0.312. The SMILES string of the molecule is CN(C)CCCNc1cc(C(=O)Nc2ccccc2)ncn1. The first-order valence-corrected chi connectivity index (χ1v) is 7.22. The minimum Gasteiger partial charge on any atom is -0.370 e. The van der Waals surface area contributed by atoms with Crippen LogP contribution in [0.2, 0.25) is 0 Å². The van der Waals surface area contributed by atoms with Gasteiger partial charge in [0, 0.05) is 18.3 Å². The molecule has 6 heteroatoms. The van der Waals surface area contributed by atoms with E-state index in [9.17, 15) is 4.79 Å². The van der Waals surface area contributed by atoms with E-state index < -0.39 is 0 Å². The van der Waals surface area contributed by atoms with Crippen LogP contribution in [-0.4, -0.2) is 48.0 Å². The number of aromatic nitrogens is 2. The summed E-state index contributed by atoms with van der Waals surface area (Å²) in [5, 5.41) is 6.01. The third-order valence-electron chi connectivity index (χ3n) is 3.02. The Kier molecular flexibility index (Phi) is 5.85. The first-order chi connectivity index (χ1) is 10.6. The molecular formula is C16H21N5O. The largest absolute Gasteiger partial charge is 0.370 e. The van der Waals surface area contributed by atoms with Gasteiger partial charge in [0.25, 0.3) is 5.91 Å². The quantitative estimate of drug-likeness (QED) is 0.766. The lowest BCUT2D eigenvalue weighted by Gasteiger charge is -2.10. The molecule has 1 aromatic carbocycles. The number of amides is 1. The summed E-state index contributed by atoms with van der Waals surface area (Å²) in [6.07, 6.45) is 2.40.